The van der Waals surface area contributed by atoms with Gasteiger partial charge < -0.3 is 19.4 Å². The summed E-state index contributed by atoms with van der Waals surface area (Å²) >= 11 is 0. The van der Waals surface area contributed by atoms with Gasteiger partial charge in [0.25, 0.3) is 0 Å². The molecule has 0 saturated heterocycles. The van der Waals surface area contributed by atoms with E-state index in [0.29, 0.717) is 29.0 Å². The Morgan fingerprint density at radius 3 is 2.71 bits per heavy atom. The highest BCUT2D eigenvalue weighted by Gasteiger charge is 2.35. The smallest absolute Gasteiger partial charge is 0.247 e. The number of aromatic nitrogens is 3. The highest BCUT2D eigenvalue weighted by atomic mass is 16.5. The first-order valence-corrected chi connectivity index (χ1v) is 11.5. The Bertz CT molecular complexity index is 1280. The largest absolute Gasteiger partial charge is 0.497 e. The van der Waals surface area contributed by atoms with Crippen LogP contribution in [0, 0.1) is 0 Å². The van der Waals surface area contributed by atoms with Crippen LogP contribution in [0.4, 0.5) is 0 Å². The van der Waals surface area contributed by atoms with Gasteiger partial charge in [-0.1, -0.05) is 36.4 Å². The van der Waals surface area contributed by atoms with Crippen molar-refractivity contribution < 1.29 is 18.7 Å². The van der Waals surface area contributed by atoms with Crippen molar-refractivity contribution in [1.82, 2.24) is 25.2 Å². The molecule has 0 bridgehead atoms. The van der Waals surface area contributed by atoms with Gasteiger partial charge in [-0.05, 0) is 55.3 Å². The standard InChI is InChI=1S/C26H29N5O4/c1-4-18(2)31(24(32)17-30-23-13-6-5-12-22(23)28-29-30)25(19-9-7-10-20(15-19)34-3)26(33)27-16-21-11-8-14-35-21/h5-15,18,25H,4,16-17H2,1-3H3,(H,27,33)/t18-,25-/m1/s1. The predicted molar refractivity (Wildman–Crippen MR) is 130 cm³/mol. The number of nitrogens with zero attached hydrogens (tertiary/aromatic N) is 4. The number of ether oxygens (including phenoxy) is 1. The first-order chi connectivity index (χ1) is 17.0. The summed E-state index contributed by atoms with van der Waals surface area (Å²) in [6.45, 7) is 4.09. The van der Waals surface area contributed by atoms with Crippen LogP contribution < -0.4 is 10.1 Å². The highest BCUT2D eigenvalue weighted by Crippen LogP contribution is 2.28. The van der Waals surface area contributed by atoms with Crippen LogP contribution in [0.3, 0.4) is 0 Å². The number of furan rings is 1. The number of carbonyl (C=O) groups excluding carboxylic acids is 2. The van der Waals surface area contributed by atoms with E-state index in [1.165, 1.54) is 0 Å². The molecule has 4 aromatic rings. The molecule has 2 amide bonds. The first kappa shape index (κ1) is 24.0. The molecule has 2 aromatic heterocycles. The van der Waals surface area contributed by atoms with E-state index in [4.69, 9.17) is 9.15 Å². The lowest BCUT2D eigenvalue weighted by Gasteiger charge is -2.36. The monoisotopic (exact) mass is 475 g/mol. The van der Waals surface area contributed by atoms with Crippen LogP contribution in [0.25, 0.3) is 11.0 Å². The van der Waals surface area contributed by atoms with E-state index in [2.05, 4.69) is 15.6 Å². The molecule has 0 unspecified atom stereocenters. The molecule has 0 aliphatic carbocycles. The van der Waals surface area contributed by atoms with Gasteiger partial charge in [0.1, 0.15) is 29.6 Å². The van der Waals surface area contributed by atoms with Gasteiger partial charge in [-0.3, -0.25) is 9.59 Å². The molecule has 2 atom stereocenters. The van der Waals surface area contributed by atoms with E-state index in [0.717, 1.165) is 5.52 Å². The molecule has 0 radical (unpaired) electrons. The van der Waals surface area contributed by atoms with Gasteiger partial charge in [0.2, 0.25) is 11.8 Å². The normalized spacial score (nSPS) is 12.8. The topological polar surface area (TPSA) is 102 Å². The zero-order chi connectivity index (χ0) is 24.8. The number of carbonyl (C=O) groups is 2. The van der Waals surface area contributed by atoms with Gasteiger partial charge in [0.15, 0.2) is 0 Å². The van der Waals surface area contributed by atoms with Crippen LogP contribution in [0.1, 0.15) is 37.6 Å². The molecule has 9 heteroatoms. The quantitative estimate of drug-likeness (QED) is 0.375. The molecule has 2 heterocycles. The first-order valence-electron chi connectivity index (χ1n) is 11.5. The van der Waals surface area contributed by atoms with Crippen LogP contribution in [0.15, 0.2) is 71.3 Å². The number of methoxy groups -OCH3 is 1. The van der Waals surface area contributed by atoms with Crippen molar-refractivity contribution in [2.45, 2.75) is 45.4 Å². The summed E-state index contributed by atoms with van der Waals surface area (Å²) in [7, 11) is 1.57. The third kappa shape index (κ3) is 5.34. The van der Waals surface area contributed by atoms with Crippen LogP contribution in [-0.2, 0) is 22.7 Å². The summed E-state index contributed by atoms with van der Waals surface area (Å²) in [5.41, 5.74) is 2.11. The second-order valence-electron chi connectivity index (χ2n) is 8.27. The zero-order valence-corrected chi connectivity index (χ0v) is 20.0. The molecule has 0 saturated carbocycles. The summed E-state index contributed by atoms with van der Waals surface area (Å²) in [4.78, 5) is 29.0. The molecule has 1 N–H and O–H groups in total. The molecule has 0 spiro atoms. The molecular weight excluding hydrogens is 446 g/mol. The number of fused-ring (bicyclic) bond motifs is 1. The fraction of sp³-hybridized carbons (Fsp3) is 0.308. The lowest BCUT2D eigenvalue weighted by Crippen LogP contribution is -2.48. The Labute approximate surface area is 203 Å². The average Bonchev–Trinajstić information content (AvgIpc) is 3.55. The van der Waals surface area contributed by atoms with Gasteiger partial charge >= 0.3 is 0 Å². The number of rotatable bonds is 10. The SMILES string of the molecule is CC[C@@H](C)N(C(=O)Cn1nnc2ccccc21)[C@@H](C(=O)NCc1ccco1)c1cccc(OC)c1. The van der Waals surface area contributed by atoms with Crippen LogP contribution >= 0.6 is 0 Å². The van der Waals surface area contributed by atoms with Gasteiger partial charge in [-0.2, -0.15) is 0 Å². The molecular formula is C26H29N5O4. The summed E-state index contributed by atoms with van der Waals surface area (Å²) in [6.07, 6.45) is 2.22. The fourth-order valence-electron chi connectivity index (χ4n) is 4.02. The summed E-state index contributed by atoms with van der Waals surface area (Å²) < 4.78 is 12.3. The minimum Gasteiger partial charge on any atom is -0.497 e. The highest BCUT2D eigenvalue weighted by molar-refractivity contribution is 5.89. The number of hydrogen-bond donors (Lipinski definition) is 1. The number of hydrogen-bond acceptors (Lipinski definition) is 6. The second kappa shape index (κ2) is 10.9. The van der Waals surface area contributed by atoms with Crippen LogP contribution in [-0.4, -0.2) is 44.9 Å². The second-order valence-corrected chi connectivity index (χ2v) is 8.27. The Balaban J connectivity index is 1.69. The maximum atomic E-state index is 13.8. The molecule has 35 heavy (non-hydrogen) atoms. The third-order valence-corrected chi connectivity index (χ3v) is 6.01. The number of nitrogens with one attached hydrogen (secondary N) is 1. The summed E-state index contributed by atoms with van der Waals surface area (Å²) in [5, 5.41) is 11.2. The van der Waals surface area contributed by atoms with Crippen molar-refractivity contribution >= 4 is 22.8 Å². The molecule has 4 rings (SSSR count). The Morgan fingerprint density at radius 2 is 1.97 bits per heavy atom. The molecule has 9 nitrogen and oxygen atoms in total. The van der Waals surface area contributed by atoms with E-state index >= 15 is 0 Å². The molecule has 0 fully saturated rings. The number of amides is 2. The van der Waals surface area contributed by atoms with E-state index < -0.39 is 6.04 Å². The van der Waals surface area contributed by atoms with Crippen molar-refractivity contribution in [3.05, 3.63) is 78.3 Å². The van der Waals surface area contributed by atoms with Gasteiger partial charge in [0, 0.05) is 6.04 Å². The van der Waals surface area contributed by atoms with Crippen LogP contribution in [0.2, 0.25) is 0 Å². The Hall–Kier alpha value is -4.14. The van der Waals surface area contributed by atoms with Crippen molar-refractivity contribution in [3.8, 4) is 5.75 Å². The summed E-state index contributed by atoms with van der Waals surface area (Å²) in [5.74, 6) is 0.672. The number of para-hydroxylation sites is 1. The maximum Gasteiger partial charge on any atom is 0.247 e. The molecule has 182 valence electrons. The van der Waals surface area contributed by atoms with Crippen molar-refractivity contribution in [1.29, 1.82) is 0 Å². The zero-order valence-electron chi connectivity index (χ0n) is 20.0. The van der Waals surface area contributed by atoms with Gasteiger partial charge in [-0.15, -0.1) is 5.10 Å². The Kier molecular flexibility index (Phi) is 7.45. The van der Waals surface area contributed by atoms with E-state index in [1.54, 1.807) is 47.2 Å². The van der Waals surface area contributed by atoms with Crippen LogP contribution in [0.5, 0.6) is 5.75 Å². The van der Waals surface area contributed by atoms with E-state index in [-0.39, 0.29) is 30.9 Å². The van der Waals surface area contributed by atoms with Crippen molar-refractivity contribution in [2.24, 2.45) is 0 Å². The van der Waals surface area contributed by atoms with Gasteiger partial charge in [0.05, 0.1) is 25.4 Å². The lowest BCUT2D eigenvalue weighted by atomic mass is 10.0. The molecule has 0 aliphatic heterocycles. The third-order valence-electron chi connectivity index (χ3n) is 6.01. The average molecular weight is 476 g/mol. The molecule has 0 aliphatic rings. The van der Waals surface area contributed by atoms with Gasteiger partial charge in [-0.25, -0.2) is 4.68 Å². The number of benzene rings is 2. The minimum absolute atomic E-state index is 0.0449. The minimum atomic E-state index is -0.878. The predicted octanol–water partition coefficient (Wildman–Crippen LogP) is 3.72. The maximum absolute atomic E-state index is 13.8. The Morgan fingerprint density at radius 1 is 1.14 bits per heavy atom. The lowest BCUT2D eigenvalue weighted by molar-refractivity contribution is -0.144. The van der Waals surface area contributed by atoms with E-state index in [9.17, 15) is 9.59 Å². The summed E-state index contributed by atoms with van der Waals surface area (Å²) in [6, 6.07) is 17.1. The van der Waals surface area contributed by atoms with Crippen molar-refractivity contribution in [3.63, 3.8) is 0 Å². The molecule has 2 aromatic carbocycles. The van der Waals surface area contributed by atoms with E-state index in [1.807, 2.05) is 50.2 Å². The van der Waals surface area contributed by atoms with Crippen molar-refractivity contribution in [2.75, 3.05) is 7.11 Å². The fourth-order valence-corrected chi connectivity index (χ4v) is 4.02.